The van der Waals surface area contributed by atoms with Crippen molar-refractivity contribution in [3.05, 3.63) is 29.1 Å². The number of carbonyl (C=O) groups is 1. The van der Waals surface area contributed by atoms with Crippen LogP contribution in [0.25, 0.3) is 0 Å². The summed E-state index contributed by atoms with van der Waals surface area (Å²) in [5, 5.41) is 0. The van der Waals surface area contributed by atoms with Crippen LogP contribution in [0.1, 0.15) is 37.3 Å². The van der Waals surface area contributed by atoms with Crippen molar-refractivity contribution in [1.82, 2.24) is 4.90 Å². The van der Waals surface area contributed by atoms with Crippen LogP contribution in [0.2, 0.25) is 0 Å². The van der Waals surface area contributed by atoms with Gasteiger partial charge in [-0.3, -0.25) is 4.79 Å². The largest absolute Gasteiger partial charge is 0.611 e. The Labute approximate surface area is 123 Å². The zero-order valence-corrected chi connectivity index (χ0v) is 13.5. The van der Waals surface area contributed by atoms with Gasteiger partial charge in [-0.05, 0) is 48.1 Å². The molecule has 0 N–H and O–H groups in total. The van der Waals surface area contributed by atoms with E-state index in [1.54, 1.807) is 27.1 Å². The molecule has 1 aromatic carbocycles. The first kappa shape index (κ1) is 17.0. The maximum atomic E-state index is 13.9. The highest BCUT2D eigenvalue weighted by molar-refractivity contribution is 7.92. The Bertz CT molecular complexity index is 491. The maximum Gasteiger partial charge on any atom is 0.272 e. The van der Waals surface area contributed by atoms with Crippen molar-refractivity contribution < 1.29 is 13.7 Å². The molecule has 1 amide bonds. The molecule has 0 radical (unpaired) electrons. The number of hydrogen-bond acceptors (Lipinski definition) is 2. The number of halogens is 1. The summed E-state index contributed by atoms with van der Waals surface area (Å²) in [5.41, 5.74) is 1.19. The lowest BCUT2D eigenvalue weighted by atomic mass is 9.97. The van der Waals surface area contributed by atoms with E-state index in [0.717, 1.165) is 6.42 Å². The molecule has 3 nitrogen and oxygen atoms in total. The molecule has 112 valence electrons. The fourth-order valence-electron chi connectivity index (χ4n) is 1.83. The highest BCUT2D eigenvalue weighted by atomic mass is 32.2. The second kappa shape index (κ2) is 7.09. The molecule has 0 aliphatic carbocycles. The van der Waals surface area contributed by atoms with E-state index in [9.17, 15) is 13.7 Å². The summed E-state index contributed by atoms with van der Waals surface area (Å²) < 4.78 is 26.2. The van der Waals surface area contributed by atoms with Gasteiger partial charge in [0.05, 0.1) is 0 Å². The molecular weight excluding hydrogens is 277 g/mol. The van der Waals surface area contributed by atoms with Gasteiger partial charge in [0.1, 0.15) is 5.82 Å². The summed E-state index contributed by atoms with van der Waals surface area (Å²) >= 11 is -1.44. The summed E-state index contributed by atoms with van der Waals surface area (Å²) in [6, 6.07) is 3.06. The number of nitrogens with zero attached hydrogens (tertiary/aromatic N) is 1. The van der Waals surface area contributed by atoms with Gasteiger partial charge in [0.2, 0.25) is 0 Å². The Kier molecular flexibility index (Phi) is 6.02. The summed E-state index contributed by atoms with van der Waals surface area (Å²) in [7, 11) is 3.25. The first-order valence-corrected chi connectivity index (χ1v) is 7.98. The fraction of sp³-hybridized carbons (Fsp3) is 0.533. The minimum Gasteiger partial charge on any atom is -0.611 e. The molecule has 0 saturated carbocycles. The highest BCUT2D eigenvalue weighted by Gasteiger charge is 2.23. The molecule has 0 aliphatic heterocycles. The quantitative estimate of drug-likeness (QED) is 0.785. The van der Waals surface area contributed by atoms with E-state index in [-0.39, 0.29) is 23.4 Å². The second-order valence-electron chi connectivity index (χ2n) is 5.23. The second-order valence-corrected chi connectivity index (χ2v) is 6.65. The molecule has 0 heterocycles. The zero-order valence-electron chi connectivity index (χ0n) is 12.7. The van der Waals surface area contributed by atoms with E-state index in [1.807, 2.05) is 13.8 Å². The number of amides is 1. The SMILES string of the molecule is CCC(C)c1cc([S+]([O-])CC(=O)N(C)C)c(C)cc1F. The average molecular weight is 299 g/mol. The molecule has 0 aromatic heterocycles. The number of rotatable bonds is 5. The first-order valence-electron chi connectivity index (χ1n) is 6.66. The smallest absolute Gasteiger partial charge is 0.272 e. The van der Waals surface area contributed by atoms with Gasteiger partial charge in [-0.1, -0.05) is 13.8 Å². The summed E-state index contributed by atoms with van der Waals surface area (Å²) in [6.45, 7) is 5.64. The van der Waals surface area contributed by atoms with Crippen LogP contribution < -0.4 is 0 Å². The lowest BCUT2D eigenvalue weighted by Gasteiger charge is -2.18. The van der Waals surface area contributed by atoms with Gasteiger partial charge in [-0.15, -0.1) is 0 Å². The van der Waals surface area contributed by atoms with Gasteiger partial charge in [-0.25, -0.2) is 4.39 Å². The zero-order chi connectivity index (χ0) is 15.4. The molecule has 0 aliphatic rings. The van der Waals surface area contributed by atoms with Crippen molar-refractivity contribution in [3.8, 4) is 0 Å². The third-order valence-corrected chi connectivity index (χ3v) is 4.88. The Balaban J connectivity index is 3.08. The fourth-order valence-corrected chi connectivity index (χ4v) is 3.14. The summed E-state index contributed by atoms with van der Waals surface area (Å²) in [4.78, 5) is 13.6. The van der Waals surface area contributed by atoms with Crippen LogP contribution in [0, 0.1) is 12.7 Å². The van der Waals surface area contributed by atoms with Crippen LogP contribution in [0.5, 0.6) is 0 Å². The molecule has 1 rings (SSSR count). The van der Waals surface area contributed by atoms with Crippen LogP contribution in [0.4, 0.5) is 4.39 Å². The van der Waals surface area contributed by atoms with E-state index < -0.39 is 11.2 Å². The molecule has 20 heavy (non-hydrogen) atoms. The lowest BCUT2D eigenvalue weighted by Crippen LogP contribution is -2.29. The molecule has 1 aromatic rings. The number of carbonyl (C=O) groups excluding carboxylic acids is 1. The third kappa shape index (κ3) is 3.96. The van der Waals surface area contributed by atoms with Gasteiger partial charge in [0, 0.05) is 19.7 Å². The molecule has 0 bridgehead atoms. The van der Waals surface area contributed by atoms with Gasteiger partial charge in [0.25, 0.3) is 5.91 Å². The Morgan fingerprint density at radius 1 is 1.45 bits per heavy atom. The van der Waals surface area contributed by atoms with Crippen molar-refractivity contribution in [3.63, 3.8) is 0 Å². The number of hydrogen-bond donors (Lipinski definition) is 0. The molecular formula is C15H22FNO2S. The number of benzene rings is 1. The van der Waals surface area contributed by atoms with Crippen molar-refractivity contribution in [2.45, 2.75) is 38.0 Å². The monoisotopic (exact) mass is 299 g/mol. The van der Waals surface area contributed by atoms with E-state index in [0.29, 0.717) is 16.0 Å². The molecule has 2 unspecified atom stereocenters. The van der Waals surface area contributed by atoms with Crippen LogP contribution >= 0.6 is 0 Å². The Hall–Kier alpha value is -1.07. The minimum atomic E-state index is -1.44. The summed E-state index contributed by atoms with van der Waals surface area (Å²) in [6.07, 6.45) is 0.808. The molecule has 0 saturated heterocycles. The van der Waals surface area contributed by atoms with Gasteiger partial charge in [-0.2, -0.15) is 0 Å². The predicted molar refractivity (Wildman–Crippen MR) is 79.8 cm³/mol. The molecule has 0 fully saturated rings. The van der Waals surface area contributed by atoms with Crippen molar-refractivity contribution >= 4 is 17.1 Å². The predicted octanol–water partition coefficient (Wildman–Crippen LogP) is 2.84. The van der Waals surface area contributed by atoms with Crippen LogP contribution in [0.15, 0.2) is 17.0 Å². The Morgan fingerprint density at radius 2 is 2.05 bits per heavy atom. The topological polar surface area (TPSA) is 43.4 Å². The average Bonchev–Trinajstić information content (AvgIpc) is 2.37. The van der Waals surface area contributed by atoms with Crippen LogP contribution in [-0.4, -0.2) is 35.2 Å². The van der Waals surface area contributed by atoms with Gasteiger partial charge >= 0.3 is 0 Å². The molecule has 0 spiro atoms. The Morgan fingerprint density at radius 3 is 2.55 bits per heavy atom. The van der Waals surface area contributed by atoms with Gasteiger partial charge < -0.3 is 9.45 Å². The molecule has 2 atom stereocenters. The minimum absolute atomic E-state index is 0.0656. The van der Waals surface area contributed by atoms with Crippen molar-refractivity contribution in [2.24, 2.45) is 0 Å². The number of aryl methyl sites for hydroxylation is 1. The molecule has 5 heteroatoms. The summed E-state index contributed by atoms with van der Waals surface area (Å²) in [5.74, 6) is -0.469. The standard InChI is InChI=1S/C15H22FNO2S/c1-6-10(2)12-8-14(11(3)7-13(12)16)20(19)9-15(18)17(4)5/h7-8,10H,6,9H2,1-5H3. The third-order valence-electron chi connectivity index (χ3n) is 3.44. The van der Waals surface area contributed by atoms with E-state index >= 15 is 0 Å². The van der Waals surface area contributed by atoms with E-state index in [4.69, 9.17) is 0 Å². The maximum absolute atomic E-state index is 13.9. The van der Waals surface area contributed by atoms with E-state index in [2.05, 4.69) is 0 Å². The van der Waals surface area contributed by atoms with Crippen molar-refractivity contribution in [1.29, 1.82) is 0 Å². The van der Waals surface area contributed by atoms with Crippen LogP contribution in [0.3, 0.4) is 0 Å². The lowest BCUT2D eigenvalue weighted by molar-refractivity contribution is -0.125. The first-order chi connectivity index (χ1) is 9.27. The van der Waals surface area contributed by atoms with Gasteiger partial charge in [0.15, 0.2) is 10.6 Å². The van der Waals surface area contributed by atoms with Crippen LogP contribution in [-0.2, 0) is 16.0 Å². The normalized spacial score (nSPS) is 13.9. The highest BCUT2D eigenvalue weighted by Crippen LogP contribution is 2.28. The van der Waals surface area contributed by atoms with E-state index in [1.165, 1.54) is 11.0 Å². The van der Waals surface area contributed by atoms with Crippen molar-refractivity contribution in [2.75, 3.05) is 19.8 Å².